The van der Waals surface area contributed by atoms with Crippen molar-refractivity contribution in [3.8, 4) is 5.75 Å². The summed E-state index contributed by atoms with van der Waals surface area (Å²) in [5.74, 6) is -0.497. The number of carbonyl (C=O) groups is 1. The van der Waals surface area contributed by atoms with Crippen molar-refractivity contribution >= 4 is 28.5 Å². The van der Waals surface area contributed by atoms with Crippen LogP contribution in [-0.2, 0) is 11.2 Å². The van der Waals surface area contributed by atoms with E-state index in [9.17, 15) is 9.90 Å². The Morgan fingerprint density at radius 2 is 2.11 bits per heavy atom. The van der Waals surface area contributed by atoms with Crippen LogP contribution in [0.1, 0.15) is 24.2 Å². The lowest BCUT2D eigenvalue weighted by Gasteiger charge is -2.17. The van der Waals surface area contributed by atoms with Crippen LogP contribution in [0.5, 0.6) is 5.75 Å². The zero-order valence-electron chi connectivity index (χ0n) is 15.5. The number of nitrogens with one attached hydrogen (secondary N) is 2. The zero-order chi connectivity index (χ0) is 20.1. The highest BCUT2D eigenvalue weighted by Gasteiger charge is 2.14. The van der Waals surface area contributed by atoms with E-state index in [-0.39, 0.29) is 12.6 Å². The lowest BCUT2D eigenvalue weighted by molar-refractivity contribution is -0.139. The van der Waals surface area contributed by atoms with Crippen LogP contribution in [0.3, 0.4) is 0 Å². The molecule has 0 radical (unpaired) electrons. The predicted molar refractivity (Wildman–Crippen MR) is 109 cm³/mol. The number of aliphatic carboxylic acids is 1. The van der Waals surface area contributed by atoms with Gasteiger partial charge in [0.1, 0.15) is 5.75 Å². The molecule has 148 valence electrons. The number of aromatic amines is 1. The lowest BCUT2D eigenvalue weighted by atomic mass is 10.1. The maximum Gasteiger partial charge on any atom is 0.341 e. The Bertz CT molecular complexity index is 956. The molecule has 1 heterocycles. The fourth-order valence-electron chi connectivity index (χ4n) is 3.16. The molecule has 0 spiro atoms. The van der Waals surface area contributed by atoms with Crippen molar-refractivity contribution in [1.29, 1.82) is 0 Å². The Balaban J connectivity index is 1.62. The van der Waals surface area contributed by atoms with Gasteiger partial charge in [-0.2, -0.15) is 0 Å². The number of benzene rings is 2. The van der Waals surface area contributed by atoms with E-state index in [0.29, 0.717) is 17.3 Å². The van der Waals surface area contributed by atoms with E-state index < -0.39 is 12.1 Å². The summed E-state index contributed by atoms with van der Waals surface area (Å²) >= 11 is 5.98. The molecule has 7 heteroatoms. The molecule has 0 fully saturated rings. The Morgan fingerprint density at radius 3 is 2.86 bits per heavy atom. The third-order valence-corrected chi connectivity index (χ3v) is 4.77. The first-order valence-corrected chi connectivity index (χ1v) is 9.42. The number of carboxylic acid groups (broad SMARTS) is 1. The largest absolute Gasteiger partial charge is 0.480 e. The van der Waals surface area contributed by atoms with E-state index in [1.54, 1.807) is 18.2 Å². The van der Waals surface area contributed by atoms with E-state index >= 15 is 0 Å². The summed E-state index contributed by atoms with van der Waals surface area (Å²) in [6, 6.07) is 12.9. The average molecular weight is 405 g/mol. The molecule has 3 rings (SSSR count). The Labute approximate surface area is 168 Å². The van der Waals surface area contributed by atoms with Gasteiger partial charge in [0.15, 0.2) is 6.61 Å². The highest BCUT2D eigenvalue weighted by molar-refractivity contribution is 6.30. The summed E-state index contributed by atoms with van der Waals surface area (Å²) in [5, 5.41) is 24.1. The number of rotatable bonds is 9. The van der Waals surface area contributed by atoms with Gasteiger partial charge in [-0.3, -0.25) is 0 Å². The van der Waals surface area contributed by atoms with Crippen LogP contribution in [0, 0.1) is 0 Å². The molecule has 0 saturated carbocycles. The molecular formula is C21H23ClN2O4. The first-order chi connectivity index (χ1) is 13.4. The molecule has 3 aromatic rings. The summed E-state index contributed by atoms with van der Waals surface area (Å²) in [6.45, 7) is 2.08. The number of ether oxygens (including phenoxy) is 1. The fraction of sp³-hybridized carbons (Fsp3) is 0.286. The predicted octanol–water partition coefficient (Wildman–Crippen LogP) is 3.54. The van der Waals surface area contributed by atoms with Crippen molar-refractivity contribution in [2.24, 2.45) is 0 Å². The van der Waals surface area contributed by atoms with E-state index in [0.717, 1.165) is 28.5 Å². The van der Waals surface area contributed by atoms with Gasteiger partial charge in [-0.15, -0.1) is 0 Å². The summed E-state index contributed by atoms with van der Waals surface area (Å²) in [4.78, 5) is 13.9. The normalized spacial score (nSPS) is 13.4. The Hall–Kier alpha value is -2.54. The standard InChI is InChI=1S/C21H23ClN2O4/c1-13(23-11-18(25)14-4-2-5-16(22)9-14)8-15-10-24-21-17(15)6-3-7-19(21)28-12-20(26)27/h2-7,9-10,13,18,23-25H,8,11-12H2,1H3,(H,26,27)/t13-,18+/m1/s1/i18+2. The number of para-hydroxylation sites is 1. The van der Waals surface area contributed by atoms with Crippen LogP contribution in [0.25, 0.3) is 10.9 Å². The molecule has 0 unspecified atom stereocenters. The van der Waals surface area contributed by atoms with Gasteiger partial charge >= 0.3 is 5.97 Å². The summed E-state index contributed by atoms with van der Waals surface area (Å²) in [5.41, 5.74) is 2.65. The smallest absolute Gasteiger partial charge is 0.341 e. The third kappa shape index (κ3) is 5.04. The van der Waals surface area contributed by atoms with Gasteiger partial charge in [0, 0.05) is 29.2 Å². The second kappa shape index (κ2) is 9.10. The van der Waals surface area contributed by atoms with Crippen molar-refractivity contribution in [2.45, 2.75) is 25.5 Å². The Morgan fingerprint density at radius 1 is 1.32 bits per heavy atom. The van der Waals surface area contributed by atoms with Gasteiger partial charge in [-0.25, -0.2) is 4.79 Å². The molecule has 2 atom stereocenters. The Kier molecular flexibility index (Phi) is 6.57. The molecule has 0 aliphatic heterocycles. The van der Waals surface area contributed by atoms with Crippen molar-refractivity contribution < 1.29 is 19.7 Å². The van der Waals surface area contributed by atoms with Crippen molar-refractivity contribution in [3.05, 3.63) is 64.8 Å². The number of hydrogen-bond acceptors (Lipinski definition) is 4. The molecular weight excluding hydrogens is 382 g/mol. The molecule has 28 heavy (non-hydrogen) atoms. The van der Waals surface area contributed by atoms with Crippen molar-refractivity contribution in [1.82, 2.24) is 10.3 Å². The number of aliphatic hydroxyl groups excluding tert-OH is 1. The highest BCUT2D eigenvalue weighted by Crippen LogP contribution is 2.28. The minimum Gasteiger partial charge on any atom is -0.480 e. The molecule has 4 N–H and O–H groups in total. The summed E-state index contributed by atoms with van der Waals surface area (Å²) < 4.78 is 5.35. The molecule has 0 bridgehead atoms. The monoisotopic (exact) mass is 404 g/mol. The molecule has 2 aromatic carbocycles. The second-order valence-corrected chi connectivity index (χ2v) is 7.20. The molecule has 6 nitrogen and oxygen atoms in total. The highest BCUT2D eigenvalue weighted by atomic mass is 35.5. The van der Waals surface area contributed by atoms with Gasteiger partial charge in [0.2, 0.25) is 0 Å². The molecule has 0 saturated heterocycles. The number of H-pyrrole nitrogens is 1. The minimum atomic E-state index is -1.01. The first kappa shape index (κ1) is 20.2. The van der Waals surface area contributed by atoms with Gasteiger partial charge < -0.3 is 25.3 Å². The molecule has 0 aliphatic carbocycles. The molecule has 1 aromatic heterocycles. The maximum absolute atomic E-state index is 10.7. The van der Waals surface area contributed by atoms with Gasteiger partial charge in [-0.1, -0.05) is 35.9 Å². The van der Waals surface area contributed by atoms with Gasteiger partial charge in [-0.05, 0) is 42.7 Å². The summed E-state index contributed by atoms with van der Waals surface area (Å²) in [6.07, 6.45) is 2.01. The topological polar surface area (TPSA) is 94.6 Å². The molecule has 0 amide bonds. The van der Waals surface area contributed by atoms with Crippen LogP contribution < -0.4 is 10.1 Å². The van der Waals surface area contributed by atoms with Crippen LogP contribution >= 0.6 is 11.6 Å². The SMILES string of the molecule is C[C@H](Cc1c[nH]c2c(OCC(=O)O)cccc12)NC[14C@H](O)c1cccc(Cl)c1. The van der Waals surface area contributed by atoms with E-state index in [1.165, 1.54) is 0 Å². The van der Waals surface area contributed by atoms with Crippen LogP contribution in [0.2, 0.25) is 5.02 Å². The average Bonchev–Trinajstić information content (AvgIpc) is 3.07. The van der Waals surface area contributed by atoms with Gasteiger partial charge in [0.25, 0.3) is 0 Å². The molecule has 0 aliphatic rings. The maximum atomic E-state index is 10.7. The van der Waals surface area contributed by atoms with Gasteiger partial charge in [0.05, 0.1) is 11.6 Å². The summed E-state index contributed by atoms with van der Waals surface area (Å²) in [7, 11) is 0. The number of halogens is 1. The fourth-order valence-corrected chi connectivity index (χ4v) is 3.36. The number of fused-ring (bicyclic) bond motifs is 1. The number of aliphatic hydroxyl groups is 1. The first-order valence-electron chi connectivity index (χ1n) is 9.04. The zero-order valence-corrected chi connectivity index (χ0v) is 16.2. The third-order valence-electron chi connectivity index (χ3n) is 4.53. The minimum absolute atomic E-state index is 0.122. The number of aromatic nitrogens is 1. The van der Waals surface area contributed by atoms with Crippen LogP contribution in [0.4, 0.5) is 0 Å². The number of hydrogen-bond donors (Lipinski definition) is 4. The number of carboxylic acids is 1. The van der Waals surface area contributed by atoms with Crippen LogP contribution in [-0.4, -0.2) is 40.4 Å². The van der Waals surface area contributed by atoms with Crippen molar-refractivity contribution in [2.75, 3.05) is 13.2 Å². The second-order valence-electron chi connectivity index (χ2n) is 6.76. The quantitative estimate of drug-likeness (QED) is 0.437. The van der Waals surface area contributed by atoms with Crippen LogP contribution in [0.15, 0.2) is 48.7 Å². The van der Waals surface area contributed by atoms with E-state index in [4.69, 9.17) is 21.4 Å². The van der Waals surface area contributed by atoms with E-state index in [2.05, 4.69) is 10.3 Å². The lowest BCUT2D eigenvalue weighted by Crippen LogP contribution is -2.32. The van der Waals surface area contributed by atoms with E-state index in [1.807, 2.05) is 37.4 Å². The van der Waals surface area contributed by atoms with Crippen molar-refractivity contribution in [3.63, 3.8) is 0 Å².